The summed E-state index contributed by atoms with van der Waals surface area (Å²) in [5.41, 5.74) is 0. The SMILES string of the molecule is CCc1ccc(C(Cl)CCC2CCCCC2)s1. The van der Waals surface area contributed by atoms with Crippen molar-refractivity contribution in [2.75, 3.05) is 0 Å². The van der Waals surface area contributed by atoms with Crippen LogP contribution in [0.1, 0.15) is 67.0 Å². The van der Waals surface area contributed by atoms with Gasteiger partial charge < -0.3 is 0 Å². The third-order valence-corrected chi connectivity index (χ3v) is 5.82. The number of halogens is 1. The zero-order valence-corrected chi connectivity index (χ0v) is 12.3. The summed E-state index contributed by atoms with van der Waals surface area (Å²) in [6, 6.07) is 4.46. The van der Waals surface area contributed by atoms with Gasteiger partial charge in [0.15, 0.2) is 0 Å². The minimum absolute atomic E-state index is 0.252. The van der Waals surface area contributed by atoms with Crippen LogP contribution in [0.15, 0.2) is 12.1 Å². The van der Waals surface area contributed by atoms with Crippen LogP contribution in [0.25, 0.3) is 0 Å². The Labute approximate surface area is 114 Å². The van der Waals surface area contributed by atoms with Crippen LogP contribution in [-0.2, 0) is 6.42 Å². The molecular formula is C15H23ClS. The summed E-state index contributed by atoms with van der Waals surface area (Å²) < 4.78 is 0. The normalized spacial score (nSPS) is 19.4. The van der Waals surface area contributed by atoms with Crippen LogP contribution >= 0.6 is 22.9 Å². The number of thiophene rings is 1. The average Bonchev–Trinajstić information content (AvgIpc) is 2.86. The van der Waals surface area contributed by atoms with Gasteiger partial charge in [0, 0.05) is 9.75 Å². The molecule has 0 saturated heterocycles. The Kier molecular flexibility index (Phi) is 5.37. The molecule has 1 aromatic heterocycles. The summed E-state index contributed by atoms with van der Waals surface area (Å²) in [7, 11) is 0. The van der Waals surface area contributed by atoms with Gasteiger partial charge in [0.05, 0.1) is 5.38 Å². The Morgan fingerprint density at radius 1 is 1.29 bits per heavy atom. The van der Waals surface area contributed by atoms with Gasteiger partial charge in [-0.25, -0.2) is 0 Å². The van der Waals surface area contributed by atoms with Gasteiger partial charge in [-0.2, -0.15) is 0 Å². The van der Waals surface area contributed by atoms with E-state index in [0.717, 1.165) is 18.8 Å². The Balaban J connectivity index is 1.77. The lowest BCUT2D eigenvalue weighted by Gasteiger charge is -2.22. The van der Waals surface area contributed by atoms with Gasteiger partial charge in [-0.3, -0.25) is 0 Å². The Morgan fingerprint density at radius 2 is 2.06 bits per heavy atom. The maximum atomic E-state index is 6.51. The van der Waals surface area contributed by atoms with E-state index in [1.807, 2.05) is 11.3 Å². The van der Waals surface area contributed by atoms with Crippen molar-refractivity contribution in [3.8, 4) is 0 Å². The number of hydrogen-bond donors (Lipinski definition) is 0. The van der Waals surface area contributed by atoms with E-state index >= 15 is 0 Å². The monoisotopic (exact) mass is 270 g/mol. The molecule has 1 unspecified atom stereocenters. The van der Waals surface area contributed by atoms with Crippen molar-refractivity contribution in [2.45, 2.75) is 63.7 Å². The summed E-state index contributed by atoms with van der Waals surface area (Å²) in [5, 5.41) is 0.252. The van der Waals surface area contributed by atoms with Gasteiger partial charge in [0.1, 0.15) is 0 Å². The zero-order chi connectivity index (χ0) is 12.1. The molecule has 1 atom stereocenters. The van der Waals surface area contributed by atoms with Crippen LogP contribution in [-0.4, -0.2) is 0 Å². The number of hydrogen-bond acceptors (Lipinski definition) is 1. The second kappa shape index (κ2) is 6.80. The predicted molar refractivity (Wildman–Crippen MR) is 78.1 cm³/mol. The summed E-state index contributed by atoms with van der Waals surface area (Å²) >= 11 is 8.40. The summed E-state index contributed by atoms with van der Waals surface area (Å²) in [4.78, 5) is 2.84. The van der Waals surface area contributed by atoms with Crippen molar-refractivity contribution in [1.82, 2.24) is 0 Å². The van der Waals surface area contributed by atoms with E-state index < -0.39 is 0 Å². The molecule has 0 spiro atoms. The fourth-order valence-corrected chi connectivity index (χ4v) is 4.05. The molecule has 1 heterocycles. The van der Waals surface area contributed by atoms with E-state index in [1.54, 1.807) is 0 Å². The van der Waals surface area contributed by atoms with Crippen molar-refractivity contribution in [3.63, 3.8) is 0 Å². The van der Waals surface area contributed by atoms with Crippen LogP contribution in [0, 0.1) is 5.92 Å². The lowest BCUT2D eigenvalue weighted by Crippen LogP contribution is -2.06. The number of alkyl halides is 1. The summed E-state index contributed by atoms with van der Waals surface area (Å²) in [6.45, 7) is 2.21. The standard InChI is InChI=1S/C15H23ClS/c1-2-13-9-11-15(17-13)14(16)10-8-12-6-4-3-5-7-12/h9,11-12,14H,2-8,10H2,1H3. The van der Waals surface area contributed by atoms with E-state index in [0.29, 0.717) is 0 Å². The van der Waals surface area contributed by atoms with E-state index in [2.05, 4.69) is 19.1 Å². The smallest absolute Gasteiger partial charge is 0.0678 e. The van der Waals surface area contributed by atoms with Gasteiger partial charge in [-0.15, -0.1) is 22.9 Å². The largest absolute Gasteiger partial charge is 0.144 e. The van der Waals surface area contributed by atoms with E-state index in [1.165, 1.54) is 48.3 Å². The maximum Gasteiger partial charge on any atom is 0.0678 e. The lowest BCUT2D eigenvalue weighted by atomic mass is 9.86. The van der Waals surface area contributed by atoms with Gasteiger partial charge in [0.25, 0.3) is 0 Å². The molecule has 0 bridgehead atoms. The van der Waals surface area contributed by atoms with Gasteiger partial charge >= 0.3 is 0 Å². The molecule has 0 nitrogen and oxygen atoms in total. The van der Waals surface area contributed by atoms with Crippen LogP contribution in [0.3, 0.4) is 0 Å². The highest BCUT2D eigenvalue weighted by Gasteiger charge is 2.16. The lowest BCUT2D eigenvalue weighted by molar-refractivity contribution is 0.331. The van der Waals surface area contributed by atoms with Crippen molar-refractivity contribution >= 4 is 22.9 Å². The van der Waals surface area contributed by atoms with Crippen LogP contribution in [0.2, 0.25) is 0 Å². The number of aryl methyl sites for hydroxylation is 1. The minimum atomic E-state index is 0.252. The van der Waals surface area contributed by atoms with Crippen molar-refractivity contribution < 1.29 is 0 Å². The summed E-state index contributed by atoms with van der Waals surface area (Å²) in [5.74, 6) is 0.954. The maximum absolute atomic E-state index is 6.51. The van der Waals surface area contributed by atoms with Gasteiger partial charge in [-0.05, 0) is 37.3 Å². The molecule has 0 aromatic carbocycles. The molecule has 1 aliphatic carbocycles. The van der Waals surface area contributed by atoms with Crippen LogP contribution in [0.5, 0.6) is 0 Å². The van der Waals surface area contributed by atoms with E-state index in [-0.39, 0.29) is 5.38 Å². The first-order chi connectivity index (χ1) is 8.29. The first-order valence-electron chi connectivity index (χ1n) is 7.02. The molecule has 1 aliphatic rings. The Morgan fingerprint density at radius 3 is 2.71 bits per heavy atom. The highest BCUT2D eigenvalue weighted by molar-refractivity contribution is 7.12. The van der Waals surface area contributed by atoms with Crippen LogP contribution in [0.4, 0.5) is 0 Å². The number of rotatable bonds is 5. The second-order valence-electron chi connectivity index (χ2n) is 5.21. The summed E-state index contributed by atoms with van der Waals surface area (Å²) in [6.07, 6.45) is 10.8. The average molecular weight is 271 g/mol. The Hall–Kier alpha value is -0.0100. The fourth-order valence-electron chi connectivity index (χ4n) is 2.75. The molecule has 1 saturated carbocycles. The molecule has 1 fully saturated rings. The highest BCUT2D eigenvalue weighted by atomic mass is 35.5. The molecule has 2 rings (SSSR count). The predicted octanol–water partition coefficient (Wildman–Crippen LogP) is 5.95. The highest BCUT2D eigenvalue weighted by Crippen LogP contribution is 2.35. The third kappa shape index (κ3) is 3.99. The molecule has 0 N–H and O–H groups in total. The first-order valence-corrected chi connectivity index (χ1v) is 8.27. The Bertz CT molecular complexity index is 325. The molecule has 96 valence electrons. The second-order valence-corrected chi connectivity index (χ2v) is 6.93. The minimum Gasteiger partial charge on any atom is -0.144 e. The van der Waals surface area contributed by atoms with E-state index in [4.69, 9.17) is 11.6 Å². The van der Waals surface area contributed by atoms with Crippen molar-refractivity contribution in [2.24, 2.45) is 5.92 Å². The topological polar surface area (TPSA) is 0 Å². The molecule has 1 aromatic rings. The first kappa shape index (κ1) is 13.4. The van der Waals surface area contributed by atoms with Crippen molar-refractivity contribution in [1.29, 1.82) is 0 Å². The zero-order valence-electron chi connectivity index (χ0n) is 10.8. The van der Waals surface area contributed by atoms with Gasteiger partial charge in [0.2, 0.25) is 0 Å². The van der Waals surface area contributed by atoms with Gasteiger partial charge in [-0.1, -0.05) is 39.0 Å². The third-order valence-electron chi connectivity index (χ3n) is 3.89. The molecular weight excluding hydrogens is 248 g/mol. The molecule has 0 amide bonds. The molecule has 0 radical (unpaired) electrons. The van der Waals surface area contributed by atoms with Crippen LogP contribution < -0.4 is 0 Å². The molecule has 2 heteroatoms. The quantitative estimate of drug-likeness (QED) is 0.580. The van der Waals surface area contributed by atoms with E-state index in [9.17, 15) is 0 Å². The van der Waals surface area contributed by atoms with Crippen molar-refractivity contribution in [3.05, 3.63) is 21.9 Å². The molecule has 0 aliphatic heterocycles. The fraction of sp³-hybridized carbons (Fsp3) is 0.733. The molecule has 17 heavy (non-hydrogen) atoms.